The summed E-state index contributed by atoms with van der Waals surface area (Å²) in [5, 5.41) is 0. The highest BCUT2D eigenvalue weighted by Crippen LogP contribution is 2.14. The number of hydrogen-bond donors (Lipinski definition) is 3. The van der Waals surface area contributed by atoms with E-state index in [4.69, 9.17) is 16.3 Å². The number of anilines is 2. The molecule has 1 saturated heterocycles. The molecule has 7 heteroatoms. The maximum atomic E-state index is 5.52. The van der Waals surface area contributed by atoms with Crippen LogP contribution >= 0.6 is 0 Å². The molecule has 0 amide bonds. The fourth-order valence-corrected chi connectivity index (χ4v) is 1.88. The number of likely N-dealkylation sites (tertiary alicyclic amines) is 1. The van der Waals surface area contributed by atoms with Gasteiger partial charge in [0.1, 0.15) is 12.4 Å². The van der Waals surface area contributed by atoms with Crippen LogP contribution in [0.1, 0.15) is 12.8 Å². The van der Waals surface area contributed by atoms with Crippen molar-refractivity contribution < 1.29 is 4.74 Å². The number of aromatic nitrogens is 2. The van der Waals surface area contributed by atoms with Gasteiger partial charge < -0.3 is 15.9 Å². The van der Waals surface area contributed by atoms with Crippen molar-refractivity contribution in [3.05, 3.63) is 6.07 Å². The average Bonchev–Trinajstić information content (AvgIpc) is 2.81. The van der Waals surface area contributed by atoms with Gasteiger partial charge in [-0.3, -0.25) is 4.90 Å². The molecule has 0 unspecified atom stereocenters. The predicted molar refractivity (Wildman–Crippen MR) is 65.4 cm³/mol. The molecule has 0 bridgehead atoms. The van der Waals surface area contributed by atoms with Crippen LogP contribution in [0.25, 0.3) is 0 Å². The summed E-state index contributed by atoms with van der Waals surface area (Å²) in [4.78, 5) is 10.2. The van der Waals surface area contributed by atoms with Gasteiger partial charge in [-0.25, -0.2) is 5.84 Å². The molecule has 1 fully saturated rings. The zero-order valence-corrected chi connectivity index (χ0v) is 9.72. The number of ether oxygens (including phenoxy) is 1. The lowest BCUT2D eigenvalue weighted by Gasteiger charge is -2.14. The van der Waals surface area contributed by atoms with E-state index in [9.17, 15) is 0 Å². The van der Waals surface area contributed by atoms with E-state index in [0.717, 1.165) is 19.6 Å². The topological polar surface area (TPSA) is 102 Å². The van der Waals surface area contributed by atoms with Gasteiger partial charge in [0.2, 0.25) is 11.8 Å². The average molecular weight is 238 g/mol. The van der Waals surface area contributed by atoms with Crippen LogP contribution in [0.4, 0.5) is 11.8 Å². The molecule has 5 N–H and O–H groups in total. The number of nitrogens with zero attached hydrogens (tertiary/aromatic N) is 3. The van der Waals surface area contributed by atoms with Gasteiger partial charge in [0, 0.05) is 12.6 Å². The Morgan fingerprint density at radius 1 is 1.35 bits per heavy atom. The third kappa shape index (κ3) is 3.43. The summed E-state index contributed by atoms with van der Waals surface area (Å²) in [7, 11) is 0. The number of rotatable bonds is 5. The minimum Gasteiger partial charge on any atom is -0.476 e. The molecule has 0 aliphatic carbocycles. The van der Waals surface area contributed by atoms with Gasteiger partial charge in [0.15, 0.2) is 0 Å². The highest BCUT2D eigenvalue weighted by Gasteiger charge is 2.11. The summed E-state index contributed by atoms with van der Waals surface area (Å²) >= 11 is 0. The van der Waals surface area contributed by atoms with E-state index in [0.29, 0.717) is 18.3 Å². The molecule has 0 aromatic carbocycles. The Balaban J connectivity index is 1.83. The van der Waals surface area contributed by atoms with Crippen LogP contribution in [0.2, 0.25) is 0 Å². The van der Waals surface area contributed by atoms with E-state index in [1.165, 1.54) is 12.8 Å². The standard InChI is InChI=1S/C10H18N6O/c11-10-13-8(15-12)7-9(14-10)17-6-5-16-3-1-2-4-16/h7H,1-6,12H2,(H3,11,13,14,15). The molecule has 7 nitrogen and oxygen atoms in total. The predicted octanol–water partition coefficient (Wildman–Crippen LogP) is -0.181. The molecule has 0 radical (unpaired) electrons. The third-order valence-corrected chi connectivity index (χ3v) is 2.72. The van der Waals surface area contributed by atoms with E-state index in [1.54, 1.807) is 6.07 Å². The molecular weight excluding hydrogens is 220 g/mol. The van der Waals surface area contributed by atoms with E-state index in [-0.39, 0.29) is 5.95 Å². The summed E-state index contributed by atoms with van der Waals surface area (Å²) in [6.07, 6.45) is 2.56. The molecule has 0 atom stereocenters. The van der Waals surface area contributed by atoms with Crippen molar-refractivity contribution in [2.45, 2.75) is 12.8 Å². The van der Waals surface area contributed by atoms with Crippen LogP contribution in [0.3, 0.4) is 0 Å². The number of nitrogen functional groups attached to an aromatic ring is 2. The van der Waals surface area contributed by atoms with Gasteiger partial charge in [-0.2, -0.15) is 9.97 Å². The Morgan fingerprint density at radius 3 is 2.82 bits per heavy atom. The van der Waals surface area contributed by atoms with Crippen molar-refractivity contribution >= 4 is 11.8 Å². The van der Waals surface area contributed by atoms with Gasteiger partial charge in [-0.05, 0) is 25.9 Å². The summed E-state index contributed by atoms with van der Waals surface area (Å²) in [5.41, 5.74) is 7.94. The third-order valence-electron chi connectivity index (χ3n) is 2.72. The molecule has 2 heterocycles. The molecular formula is C10H18N6O. The van der Waals surface area contributed by atoms with Gasteiger partial charge >= 0.3 is 0 Å². The van der Waals surface area contributed by atoms with Crippen molar-refractivity contribution in [2.24, 2.45) is 5.84 Å². The SMILES string of the molecule is NNc1cc(OCCN2CCCC2)nc(N)n1. The maximum Gasteiger partial charge on any atom is 0.225 e. The van der Waals surface area contributed by atoms with Crippen molar-refractivity contribution in [1.82, 2.24) is 14.9 Å². The molecule has 17 heavy (non-hydrogen) atoms. The quantitative estimate of drug-likeness (QED) is 0.483. The Hall–Kier alpha value is -1.60. The summed E-state index contributed by atoms with van der Waals surface area (Å²) in [5.74, 6) is 6.31. The van der Waals surface area contributed by atoms with Gasteiger partial charge in [-0.1, -0.05) is 0 Å². The molecule has 1 aromatic rings. The number of hydrazine groups is 1. The second-order valence-electron chi connectivity index (χ2n) is 3.99. The van der Waals surface area contributed by atoms with E-state index in [2.05, 4.69) is 20.3 Å². The van der Waals surface area contributed by atoms with E-state index >= 15 is 0 Å². The largest absolute Gasteiger partial charge is 0.476 e. The fraction of sp³-hybridized carbons (Fsp3) is 0.600. The second kappa shape index (κ2) is 5.65. The number of nitrogens with two attached hydrogens (primary N) is 2. The zero-order valence-electron chi connectivity index (χ0n) is 9.72. The lowest BCUT2D eigenvalue weighted by Crippen LogP contribution is -2.25. The first kappa shape index (κ1) is 11.9. The highest BCUT2D eigenvalue weighted by atomic mass is 16.5. The maximum absolute atomic E-state index is 5.52. The van der Waals surface area contributed by atoms with Crippen molar-refractivity contribution in [2.75, 3.05) is 37.4 Å². The Kier molecular flexibility index (Phi) is 3.94. The zero-order chi connectivity index (χ0) is 12.1. The fourth-order valence-electron chi connectivity index (χ4n) is 1.88. The molecule has 0 saturated carbocycles. The first-order valence-corrected chi connectivity index (χ1v) is 5.74. The van der Waals surface area contributed by atoms with Crippen LogP contribution < -0.4 is 21.7 Å². The lowest BCUT2D eigenvalue weighted by atomic mass is 10.4. The summed E-state index contributed by atoms with van der Waals surface area (Å²) in [6, 6.07) is 1.63. The number of nitrogens with one attached hydrogen (secondary N) is 1. The Bertz CT molecular complexity index is 366. The highest BCUT2D eigenvalue weighted by molar-refractivity contribution is 5.41. The van der Waals surface area contributed by atoms with E-state index in [1.807, 2.05) is 0 Å². The van der Waals surface area contributed by atoms with Crippen LogP contribution in [-0.4, -0.2) is 41.1 Å². The molecule has 94 valence electrons. The monoisotopic (exact) mass is 238 g/mol. The van der Waals surface area contributed by atoms with Crippen LogP contribution in [0.5, 0.6) is 5.88 Å². The van der Waals surface area contributed by atoms with Gasteiger partial charge in [-0.15, -0.1) is 0 Å². The van der Waals surface area contributed by atoms with Crippen molar-refractivity contribution in [1.29, 1.82) is 0 Å². The van der Waals surface area contributed by atoms with Crippen LogP contribution in [0, 0.1) is 0 Å². The van der Waals surface area contributed by atoms with Crippen LogP contribution in [-0.2, 0) is 0 Å². The first-order chi connectivity index (χ1) is 8.28. The molecule has 1 aromatic heterocycles. The molecule has 1 aliphatic heterocycles. The smallest absolute Gasteiger partial charge is 0.225 e. The summed E-state index contributed by atoms with van der Waals surface area (Å²) in [6.45, 7) is 3.82. The van der Waals surface area contributed by atoms with Crippen molar-refractivity contribution in [3.8, 4) is 5.88 Å². The van der Waals surface area contributed by atoms with Gasteiger partial charge in [0.05, 0.1) is 0 Å². The van der Waals surface area contributed by atoms with Crippen LogP contribution in [0.15, 0.2) is 6.07 Å². The van der Waals surface area contributed by atoms with E-state index < -0.39 is 0 Å². The molecule has 0 spiro atoms. The van der Waals surface area contributed by atoms with Crippen molar-refractivity contribution in [3.63, 3.8) is 0 Å². The lowest BCUT2D eigenvalue weighted by molar-refractivity contribution is 0.232. The minimum absolute atomic E-state index is 0.150. The molecule has 1 aliphatic rings. The molecule has 2 rings (SSSR count). The normalized spacial score (nSPS) is 16.1. The van der Waals surface area contributed by atoms with Gasteiger partial charge in [0.25, 0.3) is 0 Å². The Morgan fingerprint density at radius 2 is 2.12 bits per heavy atom. The minimum atomic E-state index is 0.150. The Labute approximate surface area is 100 Å². The number of hydrogen-bond acceptors (Lipinski definition) is 7. The first-order valence-electron chi connectivity index (χ1n) is 5.74. The summed E-state index contributed by atoms with van der Waals surface area (Å²) < 4.78 is 5.52. The second-order valence-corrected chi connectivity index (χ2v) is 3.99.